The molecule has 1 atom stereocenters. The SMILES string of the molecule is Cn1c(=O)n(C)c2cc(S(=O)(=O)NCC3NCCc4ccccc43)ccc21. The molecule has 142 valence electrons. The molecule has 4 rings (SSSR count). The highest BCUT2D eigenvalue weighted by Gasteiger charge is 2.23. The number of hydrogen-bond donors (Lipinski definition) is 2. The average molecular weight is 386 g/mol. The number of nitrogens with one attached hydrogen (secondary N) is 2. The van der Waals surface area contributed by atoms with E-state index < -0.39 is 10.0 Å². The standard InChI is InChI=1S/C19H22N4O3S/c1-22-17-8-7-14(11-18(17)23(2)19(22)24)27(25,26)21-12-16-15-6-4-3-5-13(15)9-10-20-16/h3-8,11,16,20-21H,9-10,12H2,1-2H3. The largest absolute Gasteiger partial charge is 0.328 e. The van der Waals surface area contributed by atoms with Crippen LogP contribution < -0.4 is 15.7 Å². The lowest BCUT2D eigenvalue weighted by Crippen LogP contribution is -2.38. The van der Waals surface area contributed by atoms with Gasteiger partial charge in [-0.25, -0.2) is 17.9 Å². The summed E-state index contributed by atoms with van der Waals surface area (Å²) >= 11 is 0. The van der Waals surface area contributed by atoms with Crippen LogP contribution >= 0.6 is 0 Å². The van der Waals surface area contributed by atoms with Gasteiger partial charge < -0.3 is 5.32 Å². The molecule has 7 nitrogen and oxygen atoms in total. The van der Waals surface area contributed by atoms with Gasteiger partial charge in [0.25, 0.3) is 0 Å². The summed E-state index contributed by atoms with van der Waals surface area (Å²) in [5.41, 5.74) is 3.49. The van der Waals surface area contributed by atoms with Crippen LogP contribution in [0.15, 0.2) is 52.2 Å². The first kappa shape index (κ1) is 18.0. The molecular formula is C19H22N4O3S. The Labute approximate surface area is 157 Å². The molecule has 27 heavy (non-hydrogen) atoms. The molecule has 0 amide bonds. The van der Waals surface area contributed by atoms with Gasteiger partial charge in [0.1, 0.15) is 0 Å². The third-order valence-corrected chi connectivity index (χ3v) is 6.67. The number of nitrogens with zero attached hydrogens (tertiary/aromatic N) is 2. The van der Waals surface area contributed by atoms with Crippen molar-refractivity contribution < 1.29 is 8.42 Å². The Morgan fingerprint density at radius 1 is 1.11 bits per heavy atom. The van der Waals surface area contributed by atoms with Gasteiger partial charge in [0.05, 0.1) is 15.9 Å². The van der Waals surface area contributed by atoms with E-state index >= 15 is 0 Å². The van der Waals surface area contributed by atoms with Gasteiger partial charge in [0.2, 0.25) is 10.0 Å². The lowest BCUT2D eigenvalue weighted by molar-refractivity contribution is 0.491. The molecule has 8 heteroatoms. The van der Waals surface area contributed by atoms with Gasteiger partial charge in [-0.15, -0.1) is 0 Å². The minimum Gasteiger partial charge on any atom is -0.308 e. The highest BCUT2D eigenvalue weighted by Crippen LogP contribution is 2.23. The quantitative estimate of drug-likeness (QED) is 0.702. The summed E-state index contributed by atoms with van der Waals surface area (Å²) in [5, 5.41) is 3.37. The van der Waals surface area contributed by atoms with E-state index in [0.29, 0.717) is 11.0 Å². The van der Waals surface area contributed by atoms with Crippen LogP contribution in [0.2, 0.25) is 0 Å². The third kappa shape index (κ3) is 3.09. The molecule has 0 spiro atoms. The fraction of sp³-hybridized carbons (Fsp3) is 0.316. The van der Waals surface area contributed by atoms with Gasteiger partial charge in [-0.3, -0.25) is 9.13 Å². The molecule has 2 heterocycles. The van der Waals surface area contributed by atoms with Crippen LogP contribution in [0.1, 0.15) is 17.2 Å². The molecule has 0 saturated heterocycles. The second kappa shape index (κ2) is 6.63. The Balaban J connectivity index is 1.61. The Morgan fingerprint density at radius 3 is 2.67 bits per heavy atom. The molecule has 0 bridgehead atoms. The molecule has 2 N–H and O–H groups in total. The maximum Gasteiger partial charge on any atom is 0.328 e. The number of hydrogen-bond acceptors (Lipinski definition) is 4. The second-order valence-corrected chi connectivity index (χ2v) is 8.63. The molecule has 2 aromatic carbocycles. The Hall–Kier alpha value is -2.42. The van der Waals surface area contributed by atoms with Gasteiger partial charge in [-0.05, 0) is 42.3 Å². The molecule has 0 saturated carbocycles. The normalized spacial score (nSPS) is 17.2. The summed E-state index contributed by atoms with van der Waals surface area (Å²) in [5.74, 6) is 0. The van der Waals surface area contributed by atoms with E-state index in [9.17, 15) is 13.2 Å². The maximum absolute atomic E-state index is 12.8. The van der Waals surface area contributed by atoms with Crippen molar-refractivity contribution >= 4 is 21.1 Å². The van der Waals surface area contributed by atoms with Crippen LogP contribution in [-0.4, -0.2) is 30.6 Å². The number of aromatic nitrogens is 2. The van der Waals surface area contributed by atoms with Crippen molar-refractivity contribution in [1.82, 2.24) is 19.2 Å². The minimum absolute atomic E-state index is 0.0606. The van der Waals surface area contributed by atoms with E-state index in [1.807, 2.05) is 18.2 Å². The zero-order chi connectivity index (χ0) is 19.2. The van der Waals surface area contributed by atoms with Gasteiger partial charge in [0, 0.05) is 26.7 Å². The predicted octanol–water partition coefficient (Wildman–Crippen LogP) is 1.04. The number of benzene rings is 2. The van der Waals surface area contributed by atoms with Gasteiger partial charge >= 0.3 is 5.69 Å². The highest BCUT2D eigenvalue weighted by molar-refractivity contribution is 7.89. The Morgan fingerprint density at radius 2 is 1.85 bits per heavy atom. The molecule has 1 aromatic heterocycles. The fourth-order valence-electron chi connectivity index (χ4n) is 3.71. The summed E-state index contributed by atoms with van der Waals surface area (Å²) in [6.07, 6.45) is 0.943. The van der Waals surface area contributed by atoms with Gasteiger partial charge in [0.15, 0.2) is 0 Å². The monoisotopic (exact) mass is 386 g/mol. The summed E-state index contributed by atoms with van der Waals surface area (Å²) in [7, 11) is -0.382. The van der Waals surface area contributed by atoms with E-state index in [1.54, 1.807) is 26.2 Å². The average Bonchev–Trinajstić information content (AvgIpc) is 2.90. The molecule has 1 unspecified atom stereocenters. The van der Waals surface area contributed by atoms with E-state index in [2.05, 4.69) is 16.1 Å². The van der Waals surface area contributed by atoms with Crippen LogP contribution in [0.5, 0.6) is 0 Å². The van der Waals surface area contributed by atoms with Crippen LogP contribution in [0.4, 0.5) is 0 Å². The third-order valence-electron chi connectivity index (χ3n) is 5.25. The van der Waals surface area contributed by atoms with E-state index in [4.69, 9.17) is 0 Å². The van der Waals surface area contributed by atoms with Crippen molar-refractivity contribution in [3.63, 3.8) is 0 Å². The second-order valence-electron chi connectivity index (χ2n) is 6.86. The summed E-state index contributed by atoms with van der Waals surface area (Å²) < 4.78 is 31.3. The Bertz CT molecular complexity index is 1180. The molecule has 0 fully saturated rings. The number of sulfonamides is 1. The number of aryl methyl sites for hydroxylation is 2. The topological polar surface area (TPSA) is 85.1 Å². The van der Waals surface area contributed by atoms with Crippen molar-refractivity contribution in [2.75, 3.05) is 13.1 Å². The molecule has 0 radical (unpaired) electrons. The summed E-state index contributed by atoms with van der Waals surface area (Å²) in [6.45, 7) is 1.09. The van der Waals surface area contributed by atoms with E-state index in [1.165, 1.54) is 20.8 Å². The maximum atomic E-state index is 12.8. The van der Waals surface area contributed by atoms with Gasteiger partial charge in [-0.2, -0.15) is 0 Å². The van der Waals surface area contributed by atoms with Crippen molar-refractivity contribution in [2.45, 2.75) is 17.4 Å². The number of fused-ring (bicyclic) bond motifs is 2. The van der Waals surface area contributed by atoms with Crippen molar-refractivity contribution in [3.05, 3.63) is 64.1 Å². The van der Waals surface area contributed by atoms with Crippen LogP contribution in [0, 0.1) is 0 Å². The lowest BCUT2D eigenvalue weighted by Gasteiger charge is -2.27. The predicted molar refractivity (Wildman–Crippen MR) is 104 cm³/mol. The van der Waals surface area contributed by atoms with Crippen molar-refractivity contribution in [1.29, 1.82) is 0 Å². The highest BCUT2D eigenvalue weighted by atomic mass is 32.2. The number of rotatable bonds is 4. The first-order valence-electron chi connectivity index (χ1n) is 8.85. The number of imidazole rings is 1. The fourth-order valence-corrected chi connectivity index (χ4v) is 4.77. The van der Waals surface area contributed by atoms with Crippen LogP contribution in [0.3, 0.4) is 0 Å². The Kier molecular flexibility index (Phi) is 4.41. The van der Waals surface area contributed by atoms with E-state index in [-0.39, 0.29) is 23.2 Å². The molecule has 3 aromatic rings. The smallest absolute Gasteiger partial charge is 0.308 e. The molecule has 1 aliphatic heterocycles. The van der Waals surface area contributed by atoms with Crippen LogP contribution in [0.25, 0.3) is 11.0 Å². The first-order valence-corrected chi connectivity index (χ1v) is 10.3. The molecular weight excluding hydrogens is 364 g/mol. The van der Waals surface area contributed by atoms with Gasteiger partial charge in [-0.1, -0.05) is 24.3 Å². The first-order chi connectivity index (χ1) is 12.9. The summed E-state index contributed by atoms with van der Waals surface area (Å²) in [6, 6.07) is 12.8. The van der Waals surface area contributed by atoms with Crippen molar-refractivity contribution in [3.8, 4) is 0 Å². The van der Waals surface area contributed by atoms with Crippen molar-refractivity contribution in [2.24, 2.45) is 14.1 Å². The summed E-state index contributed by atoms with van der Waals surface area (Å²) in [4.78, 5) is 12.2. The molecule has 1 aliphatic rings. The zero-order valence-corrected chi connectivity index (χ0v) is 16.1. The minimum atomic E-state index is -3.69. The molecule has 0 aliphatic carbocycles. The zero-order valence-electron chi connectivity index (χ0n) is 15.3. The van der Waals surface area contributed by atoms with Crippen LogP contribution in [-0.2, 0) is 30.5 Å². The lowest BCUT2D eigenvalue weighted by atomic mass is 9.95. The van der Waals surface area contributed by atoms with E-state index in [0.717, 1.165) is 18.5 Å².